The van der Waals surface area contributed by atoms with Gasteiger partial charge in [-0.1, -0.05) is 25.1 Å². The van der Waals surface area contributed by atoms with Gasteiger partial charge in [0.15, 0.2) is 0 Å². The van der Waals surface area contributed by atoms with E-state index in [1.54, 1.807) is 4.90 Å². The fraction of sp³-hybridized carbons (Fsp3) is 0.375. The Morgan fingerprint density at radius 2 is 1.95 bits per heavy atom. The fourth-order valence-corrected chi connectivity index (χ4v) is 3.50. The number of rotatable bonds is 0. The Bertz CT molecular complexity index is 650. The number of nitrogens with zero attached hydrogens (tertiary/aromatic N) is 1. The van der Waals surface area contributed by atoms with Crippen molar-refractivity contribution in [2.75, 3.05) is 13.1 Å². The molecule has 0 radical (unpaired) electrons. The molecule has 0 spiro atoms. The molecule has 1 N–H and O–H groups in total. The second kappa shape index (κ2) is 4.03. The minimum absolute atomic E-state index is 0.0244. The van der Waals surface area contributed by atoms with Gasteiger partial charge in [-0.05, 0) is 12.1 Å². The largest absolute Gasteiger partial charge is 0.309 e. The predicted octanol–water partition coefficient (Wildman–Crippen LogP) is 1.29. The third kappa shape index (κ3) is 1.45. The highest BCUT2D eigenvalue weighted by molar-refractivity contribution is 6.10. The van der Waals surface area contributed by atoms with Crippen molar-refractivity contribution in [3.8, 4) is 0 Å². The van der Waals surface area contributed by atoms with Crippen LogP contribution >= 0.6 is 0 Å². The topological polar surface area (TPSA) is 49.4 Å². The number of fused-ring (bicyclic) bond motifs is 4. The zero-order valence-electron chi connectivity index (χ0n) is 11.3. The summed E-state index contributed by atoms with van der Waals surface area (Å²) < 4.78 is 0. The Balaban J connectivity index is 1.79. The van der Waals surface area contributed by atoms with E-state index in [9.17, 15) is 9.59 Å². The summed E-state index contributed by atoms with van der Waals surface area (Å²) in [6.45, 7) is 3.17. The molecule has 3 aliphatic rings. The zero-order chi connectivity index (χ0) is 13.9. The summed E-state index contributed by atoms with van der Waals surface area (Å²) in [5, 5.41) is 3.42. The van der Waals surface area contributed by atoms with Crippen LogP contribution in [0.15, 0.2) is 30.3 Å². The molecule has 3 aliphatic heterocycles. The molecule has 0 unspecified atom stereocenters. The number of hydrogen-bond acceptors (Lipinski definition) is 3. The van der Waals surface area contributed by atoms with Crippen molar-refractivity contribution in [3.63, 3.8) is 0 Å². The average Bonchev–Trinajstić information content (AvgIpc) is 2.75. The second-order valence-corrected chi connectivity index (χ2v) is 5.86. The van der Waals surface area contributed by atoms with Gasteiger partial charge in [-0.25, -0.2) is 0 Å². The van der Waals surface area contributed by atoms with Crippen LogP contribution in [0, 0.1) is 11.8 Å². The monoisotopic (exact) mass is 268 g/mol. The Kier molecular flexibility index (Phi) is 2.39. The van der Waals surface area contributed by atoms with Crippen LogP contribution in [0.2, 0.25) is 0 Å². The maximum Gasteiger partial charge on any atom is 0.258 e. The number of carbonyl (C=O) groups is 2. The van der Waals surface area contributed by atoms with E-state index >= 15 is 0 Å². The molecule has 102 valence electrons. The Labute approximate surface area is 117 Å². The molecule has 4 rings (SSSR count). The highest BCUT2D eigenvalue weighted by Gasteiger charge is 2.44. The van der Waals surface area contributed by atoms with Gasteiger partial charge < -0.3 is 10.2 Å². The van der Waals surface area contributed by atoms with E-state index < -0.39 is 0 Å². The second-order valence-electron chi connectivity index (χ2n) is 5.86. The van der Waals surface area contributed by atoms with Gasteiger partial charge in [-0.3, -0.25) is 9.59 Å². The fourth-order valence-electron chi connectivity index (χ4n) is 3.50. The molecule has 3 heterocycles. The Morgan fingerprint density at radius 1 is 1.20 bits per heavy atom. The molecular weight excluding hydrogens is 252 g/mol. The van der Waals surface area contributed by atoms with E-state index in [0.29, 0.717) is 6.54 Å². The summed E-state index contributed by atoms with van der Waals surface area (Å²) in [6, 6.07) is 7.73. The minimum atomic E-state index is -0.110. The van der Waals surface area contributed by atoms with Crippen LogP contribution in [-0.2, 0) is 4.79 Å². The third-order valence-corrected chi connectivity index (χ3v) is 4.63. The zero-order valence-corrected chi connectivity index (χ0v) is 11.3. The first-order chi connectivity index (χ1) is 9.66. The van der Waals surface area contributed by atoms with Crippen LogP contribution in [-0.4, -0.2) is 35.7 Å². The standard InChI is InChI=1S/C16H16N2O2/c1-9-7-17-13-6-14-10-4-2-3-5-11(10)16(20)18(14)8-12(13)15(9)19/h2-6,9,12-13,17H,7-8H2,1H3/t9-,12+,13-/m0/s1. The van der Waals surface area contributed by atoms with E-state index in [1.165, 1.54) is 0 Å². The van der Waals surface area contributed by atoms with Crippen molar-refractivity contribution >= 4 is 17.4 Å². The molecule has 20 heavy (non-hydrogen) atoms. The van der Waals surface area contributed by atoms with E-state index in [1.807, 2.05) is 31.2 Å². The van der Waals surface area contributed by atoms with Gasteiger partial charge in [0.1, 0.15) is 5.78 Å². The SMILES string of the molecule is C[C@H]1CN[C@H]2C=C3c4ccccc4C(=O)N3C[C@H]2C1=O. The normalized spacial score (nSPS) is 31.6. The predicted molar refractivity (Wildman–Crippen MR) is 74.9 cm³/mol. The minimum Gasteiger partial charge on any atom is -0.309 e. The number of ketones is 1. The van der Waals surface area contributed by atoms with Crippen molar-refractivity contribution in [3.05, 3.63) is 41.5 Å². The molecule has 1 amide bonds. The van der Waals surface area contributed by atoms with Crippen molar-refractivity contribution < 1.29 is 9.59 Å². The molecule has 0 aromatic heterocycles. The van der Waals surface area contributed by atoms with Crippen molar-refractivity contribution in [1.29, 1.82) is 0 Å². The molecule has 4 nitrogen and oxygen atoms in total. The lowest BCUT2D eigenvalue weighted by Gasteiger charge is -2.39. The quantitative estimate of drug-likeness (QED) is 0.771. The van der Waals surface area contributed by atoms with Crippen molar-refractivity contribution in [2.24, 2.45) is 11.8 Å². The lowest BCUT2D eigenvalue weighted by atomic mass is 9.81. The number of amides is 1. The summed E-state index contributed by atoms with van der Waals surface area (Å²) in [5.74, 6) is 0.219. The highest BCUT2D eigenvalue weighted by atomic mass is 16.2. The number of Topliss-reactive ketones (excluding diaryl/α,β-unsaturated/α-hetero) is 1. The summed E-state index contributed by atoms with van der Waals surface area (Å²) >= 11 is 0. The molecule has 0 saturated carbocycles. The lowest BCUT2D eigenvalue weighted by molar-refractivity contribution is -0.129. The Morgan fingerprint density at radius 3 is 2.75 bits per heavy atom. The van der Waals surface area contributed by atoms with Gasteiger partial charge in [-0.15, -0.1) is 0 Å². The van der Waals surface area contributed by atoms with Gasteiger partial charge in [0, 0.05) is 41.9 Å². The maximum atomic E-state index is 12.4. The van der Waals surface area contributed by atoms with Gasteiger partial charge in [0.05, 0.1) is 5.92 Å². The lowest BCUT2D eigenvalue weighted by Crippen LogP contribution is -2.55. The van der Waals surface area contributed by atoms with Crippen LogP contribution < -0.4 is 5.32 Å². The van der Waals surface area contributed by atoms with Crippen LogP contribution in [0.5, 0.6) is 0 Å². The molecule has 4 heteroatoms. The van der Waals surface area contributed by atoms with Crippen LogP contribution in [0.25, 0.3) is 5.70 Å². The van der Waals surface area contributed by atoms with Gasteiger partial charge in [0.2, 0.25) is 0 Å². The summed E-state index contributed by atoms with van der Waals surface area (Å²) in [4.78, 5) is 26.5. The maximum absolute atomic E-state index is 12.4. The summed E-state index contributed by atoms with van der Waals surface area (Å²) in [7, 11) is 0. The molecule has 3 atom stereocenters. The van der Waals surface area contributed by atoms with Crippen LogP contribution in [0.3, 0.4) is 0 Å². The smallest absolute Gasteiger partial charge is 0.258 e. The summed E-state index contributed by atoms with van der Waals surface area (Å²) in [5.41, 5.74) is 2.70. The van der Waals surface area contributed by atoms with E-state index in [-0.39, 0.29) is 29.6 Å². The number of benzene rings is 1. The summed E-state index contributed by atoms with van der Waals surface area (Å²) in [6.07, 6.45) is 2.06. The van der Waals surface area contributed by atoms with Gasteiger partial charge >= 0.3 is 0 Å². The molecule has 0 bridgehead atoms. The molecule has 0 aliphatic carbocycles. The highest BCUT2D eigenvalue weighted by Crippen LogP contribution is 2.38. The first-order valence-electron chi connectivity index (χ1n) is 7.07. The Hall–Kier alpha value is -1.94. The van der Waals surface area contributed by atoms with Crippen molar-refractivity contribution in [2.45, 2.75) is 13.0 Å². The third-order valence-electron chi connectivity index (χ3n) is 4.63. The number of nitrogens with one attached hydrogen (secondary N) is 1. The molecular formula is C16H16N2O2. The van der Waals surface area contributed by atoms with Crippen molar-refractivity contribution in [1.82, 2.24) is 10.2 Å². The van der Waals surface area contributed by atoms with Crippen LogP contribution in [0.1, 0.15) is 22.8 Å². The molecule has 1 aromatic carbocycles. The number of piperidine rings is 1. The first kappa shape index (κ1) is 11.9. The average molecular weight is 268 g/mol. The molecule has 1 saturated heterocycles. The van der Waals surface area contributed by atoms with Gasteiger partial charge in [0.25, 0.3) is 5.91 Å². The van der Waals surface area contributed by atoms with Crippen LogP contribution in [0.4, 0.5) is 0 Å². The number of carbonyl (C=O) groups excluding carboxylic acids is 2. The molecule has 1 aromatic rings. The van der Waals surface area contributed by atoms with Gasteiger partial charge in [-0.2, -0.15) is 0 Å². The molecule has 1 fully saturated rings. The number of hydrogen-bond donors (Lipinski definition) is 1. The van der Waals surface area contributed by atoms with E-state index in [4.69, 9.17) is 0 Å². The van der Waals surface area contributed by atoms with E-state index in [2.05, 4.69) is 11.4 Å². The van der Waals surface area contributed by atoms with E-state index in [0.717, 1.165) is 23.4 Å². The first-order valence-corrected chi connectivity index (χ1v) is 7.07.